The van der Waals surface area contributed by atoms with E-state index in [1.165, 1.54) is 25.7 Å². The molecular formula is C15H24N2. The Bertz CT molecular complexity index is 320. The zero-order valence-electron chi connectivity index (χ0n) is 11.1. The number of nitrogens with zero attached hydrogens (tertiary/aromatic N) is 1. The van der Waals surface area contributed by atoms with Gasteiger partial charge in [0.15, 0.2) is 0 Å². The maximum absolute atomic E-state index is 3.69. The second-order valence-corrected chi connectivity index (χ2v) is 5.30. The molecule has 0 heterocycles. The summed E-state index contributed by atoms with van der Waals surface area (Å²) >= 11 is 0. The quantitative estimate of drug-likeness (QED) is 0.800. The Hall–Kier alpha value is -0.860. The summed E-state index contributed by atoms with van der Waals surface area (Å²) in [4.78, 5) is 2.23. The van der Waals surface area contributed by atoms with Crippen molar-refractivity contribution in [3.63, 3.8) is 0 Å². The third-order valence-electron chi connectivity index (χ3n) is 3.63. The first-order valence-electron chi connectivity index (χ1n) is 6.70. The van der Waals surface area contributed by atoms with E-state index in [1.54, 1.807) is 11.1 Å². The number of likely N-dealkylation sites (N-methyl/N-ethyl adjacent to an activating group) is 1. The highest BCUT2D eigenvalue weighted by molar-refractivity contribution is 5.28. The number of benzene rings is 1. The first kappa shape index (κ1) is 12.6. The van der Waals surface area contributed by atoms with Crippen LogP contribution in [-0.4, -0.2) is 38.1 Å². The second kappa shape index (κ2) is 6.18. The fourth-order valence-electron chi connectivity index (χ4n) is 2.55. The minimum atomic E-state index is 0.697. The molecule has 1 aliphatic carbocycles. The summed E-state index contributed by atoms with van der Waals surface area (Å²) < 4.78 is 0. The lowest BCUT2D eigenvalue weighted by Gasteiger charge is -2.18. The summed E-state index contributed by atoms with van der Waals surface area (Å²) in [5.74, 6) is 0. The molecule has 1 aromatic rings. The van der Waals surface area contributed by atoms with Gasteiger partial charge in [-0.2, -0.15) is 0 Å². The van der Waals surface area contributed by atoms with Crippen molar-refractivity contribution in [3.8, 4) is 0 Å². The largest absolute Gasteiger partial charge is 0.313 e. The smallest absolute Gasteiger partial charge is 0.0101 e. The predicted molar refractivity (Wildman–Crippen MR) is 73.4 cm³/mol. The van der Waals surface area contributed by atoms with Crippen molar-refractivity contribution in [3.05, 3.63) is 35.4 Å². The monoisotopic (exact) mass is 232 g/mol. The van der Waals surface area contributed by atoms with Crippen molar-refractivity contribution >= 4 is 0 Å². The number of hydrogen-bond acceptors (Lipinski definition) is 2. The van der Waals surface area contributed by atoms with Crippen molar-refractivity contribution in [1.29, 1.82) is 0 Å². The first-order chi connectivity index (χ1) is 8.25. The minimum absolute atomic E-state index is 0.697. The average molecular weight is 232 g/mol. The average Bonchev–Trinajstić information content (AvgIpc) is 2.52. The lowest BCUT2D eigenvalue weighted by molar-refractivity contribution is 0.372. The molecule has 2 nitrogen and oxygen atoms in total. The molecule has 94 valence electrons. The molecule has 0 aromatic heterocycles. The topological polar surface area (TPSA) is 15.3 Å². The zero-order chi connectivity index (χ0) is 12.1. The van der Waals surface area contributed by atoms with Gasteiger partial charge in [0, 0.05) is 19.1 Å². The maximum atomic E-state index is 3.69. The Labute approximate surface area is 105 Å². The number of rotatable bonds is 4. The summed E-state index contributed by atoms with van der Waals surface area (Å²) in [6.07, 6.45) is 5.03. The second-order valence-electron chi connectivity index (χ2n) is 5.30. The van der Waals surface area contributed by atoms with Gasteiger partial charge in [-0.25, -0.2) is 0 Å². The third-order valence-corrected chi connectivity index (χ3v) is 3.63. The molecule has 0 fully saturated rings. The summed E-state index contributed by atoms with van der Waals surface area (Å²) in [7, 11) is 4.26. The van der Waals surface area contributed by atoms with Crippen molar-refractivity contribution in [2.75, 3.05) is 27.2 Å². The van der Waals surface area contributed by atoms with E-state index in [4.69, 9.17) is 0 Å². The van der Waals surface area contributed by atoms with Gasteiger partial charge in [-0.3, -0.25) is 0 Å². The van der Waals surface area contributed by atoms with Crippen molar-refractivity contribution < 1.29 is 0 Å². The van der Waals surface area contributed by atoms with Crippen molar-refractivity contribution in [2.24, 2.45) is 0 Å². The number of fused-ring (bicyclic) bond motifs is 1. The van der Waals surface area contributed by atoms with Crippen molar-refractivity contribution in [1.82, 2.24) is 10.2 Å². The molecule has 1 aliphatic rings. The maximum Gasteiger partial charge on any atom is 0.0101 e. The molecule has 0 saturated carbocycles. The molecule has 1 N–H and O–H groups in total. The van der Waals surface area contributed by atoms with E-state index in [0.29, 0.717) is 6.04 Å². The van der Waals surface area contributed by atoms with Crippen LogP contribution < -0.4 is 5.32 Å². The van der Waals surface area contributed by atoms with Gasteiger partial charge < -0.3 is 10.2 Å². The molecule has 0 saturated heterocycles. The van der Waals surface area contributed by atoms with Crippen LogP contribution in [0.3, 0.4) is 0 Å². The van der Waals surface area contributed by atoms with Crippen LogP contribution in [0, 0.1) is 0 Å². The van der Waals surface area contributed by atoms with Gasteiger partial charge in [0.05, 0.1) is 0 Å². The Morgan fingerprint density at radius 1 is 1.12 bits per heavy atom. The van der Waals surface area contributed by atoms with E-state index in [0.717, 1.165) is 13.1 Å². The molecule has 0 unspecified atom stereocenters. The van der Waals surface area contributed by atoms with Crippen LogP contribution in [0.1, 0.15) is 24.0 Å². The molecule has 2 rings (SSSR count). The predicted octanol–water partition coefficient (Wildman–Crippen LogP) is 2.09. The van der Waals surface area contributed by atoms with Gasteiger partial charge in [0.25, 0.3) is 0 Å². The Kier molecular flexibility index (Phi) is 4.57. The number of nitrogens with one attached hydrogen (secondary N) is 1. The van der Waals surface area contributed by atoms with Crippen LogP contribution in [0.2, 0.25) is 0 Å². The molecule has 2 heteroatoms. The van der Waals surface area contributed by atoms with Gasteiger partial charge in [0.1, 0.15) is 0 Å². The Morgan fingerprint density at radius 3 is 2.24 bits per heavy atom. The lowest BCUT2D eigenvalue weighted by Crippen LogP contribution is -2.35. The highest BCUT2D eigenvalue weighted by atomic mass is 15.1. The first-order valence-corrected chi connectivity index (χ1v) is 6.70. The van der Waals surface area contributed by atoms with E-state index in [-0.39, 0.29) is 0 Å². The molecule has 0 bridgehead atoms. The lowest BCUT2D eigenvalue weighted by atomic mass is 10.0. The van der Waals surface area contributed by atoms with Crippen LogP contribution in [0.4, 0.5) is 0 Å². The minimum Gasteiger partial charge on any atom is -0.313 e. The SMILES string of the molecule is CN(C)CCNC1CCc2ccccc2CC1. The van der Waals surface area contributed by atoms with Gasteiger partial charge in [-0.05, 0) is 50.9 Å². The van der Waals surface area contributed by atoms with Crippen LogP contribution >= 0.6 is 0 Å². The van der Waals surface area contributed by atoms with Gasteiger partial charge in [-0.15, -0.1) is 0 Å². The summed E-state index contributed by atoms with van der Waals surface area (Å²) in [6.45, 7) is 2.23. The standard InChI is InChI=1S/C15H24N2/c1-17(2)12-11-16-15-9-7-13-5-3-4-6-14(13)8-10-15/h3-6,15-16H,7-12H2,1-2H3. The van der Waals surface area contributed by atoms with E-state index in [1.807, 2.05) is 0 Å². The van der Waals surface area contributed by atoms with Crippen molar-refractivity contribution in [2.45, 2.75) is 31.7 Å². The number of hydrogen-bond donors (Lipinski definition) is 1. The molecule has 0 radical (unpaired) electrons. The number of aryl methyl sites for hydroxylation is 2. The summed E-state index contributed by atoms with van der Waals surface area (Å²) in [5, 5.41) is 3.69. The fourth-order valence-corrected chi connectivity index (χ4v) is 2.55. The van der Waals surface area contributed by atoms with E-state index in [2.05, 4.69) is 48.6 Å². The third kappa shape index (κ3) is 3.83. The van der Waals surface area contributed by atoms with Crippen LogP contribution in [0.15, 0.2) is 24.3 Å². The molecule has 0 aliphatic heterocycles. The summed E-state index contributed by atoms with van der Waals surface area (Å²) in [6, 6.07) is 9.61. The van der Waals surface area contributed by atoms with Gasteiger partial charge in [0.2, 0.25) is 0 Å². The molecular weight excluding hydrogens is 208 g/mol. The molecule has 0 atom stereocenters. The van der Waals surface area contributed by atoms with Gasteiger partial charge >= 0.3 is 0 Å². The normalized spacial score (nSPS) is 16.9. The Morgan fingerprint density at radius 2 is 1.71 bits per heavy atom. The van der Waals surface area contributed by atoms with Crippen LogP contribution in [-0.2, 0) is 12.8 Å². The van der Waals surface area contributed by atoms with Crippen LogP contribution in [0.5, 0.6) is 0 Å². The highest BCUT2D eigenvalue weighted by Gasteiger charge is 2.14. The molecule has 1 aromatic carbocycles. The molecule has 0 spiro atoms. The van der Waals surface area contributed by atoms with Crippen LogP contribution in [0.25, 0.3) is 0 Å². The fraction of sp³-hybridized carbons (Fsp3) is 0.600. The van der Waals surface area contributed by atoms with Gasteiger partial charge in [-0.1, -0.05) is 24.3 Å². The summed E-state index contributed by atoms with van der Waals surface area (Å²) in [5.41, 5.74) is 3.12. The van der Waals surface area contributed by atoms with E-state index >= 15 is 0 Å². The molecule has 17 heavy (non-hydrogen) atoms. The zero-order valence-corrected chi connectivity index (χ0v) is 11.1. The highest BCUT2D eigenvalue weighted by Crippen LogP contribution is 2.20. The van der Waals surface area contributed by atoms with E-state index < -0.39 is 0 Å². The molecule has 0 amide bonds. The Balaban J connectivity index is 1.82. The van der Waals surface area contributed by atoms with E-state index in [9.17, 15) is 0 Å².